The van der Waals surface area contributed by atoms with Crippen LogP contribution < -0.4 is 0 Å². The standard InChI is InChI=1S/CH2O.H2O2S.H2O2.Zn/c1-2;1-3-2;1-2;/h1H2;1-2H;1-2H;. The predicted molar refractivity (Wildman–Crippen MR) is 25.2 cm³/mol. The van der Waals surface area contributed by atoms with Crippen LogP contribution in [-0.2, 0) is 24.3 Å². The molecule has 0 rings (SSSR count). The van der Waals surface area contributed by atoms with E-state index in [0.717, 1.165) is 0 Å². The summed E-state index contributed by atoms with van der Waals surface area (Å²) in [5, 5.41) is 12.0. The molecule has 0 aliphatic heterocycles. The van der Waals surface area contributed by atoms with Gasteiger partial charge in [0.1, 0.15) is 6.79 Å². The molecule has 0 bridgehead atoms. The van der Waals surface area contributed by atoms with Crippen LogP contribution in [0, 0.1) is 0 Å². The fraction of sp³-hybridized carbons (Fsp3) is 0. The van der Waals surface area contributed by atoms with Gasteiger partial charge in [-0.2, -0.15) is 0 Å². The van der Waals surface area contributed by atoms with E-state index in [9.17, 15) is 0 Å². The molecule has 0 radical (unpaired) electrons. The maximum absolute atomic E-state index is 8.00. The molecule has 0 aromatic carbocycles. The smallest absolute Gasteiger partial charge is 0.152 e. The minimum atomic E-state index is -0.250. The molecule has 0 heterocycles. The zero-order chi connectivity index (χ0) is 6.71. The van der Waals surface area contributed by atoms with Crippen LogP contribution in [0.25, 0.3) is 0 Å². The summed E-state index contributed by atoms with van der Waals surface area (Å²) in [6, 6.07) is 0. The Hall–Kier alpha value is 0.483. The van der Waals surface area contributed by atoms with E-state index in [-0.39, 0.29) is 31.8 Å². The van der Waals surface area contributed by atoms with Gasteiger partial charge in [0, 0.05) is 19.5 Å². The van der Waals surface area contributed by atoms with E-state index in [1.165, 1.54) is 0 Å². The molecule has 0 aromatic rings. The minimum absolute atomic E-state index is 0. The molecule has 5 nitrogen and oxygen atoms in total. The first-order valence-electron chi connectivity index (χ1n) is 0.854. The summed E-state index contributed by atoms with van der Waals surface area (Å²) in [7, 11) is 0. The van der Waals surface area contributed by atoms with Gasteiger partial charge in [0.2, 0.25) is 0 Å². The molecule has 48 valence electrons. The topological polar surface area (TPSA) is 98.0 Å². The largest absolute Gasteiger partial charge is 0.307 e. The molecular weight excluding hydrogens is 189 g/mol. The van der Waals surface area contributed by atoms with Crippen LogP contribution >= 0.6 is 12.3 Å². The Morgan fingerprint density at radius 1 is 1.12 bits per heavy atom. The van der Waals surface area contributed by atoms with Crippen molar-refractivity contribution in [3.8, 4) is 0 Å². The first kappa shape index (κ1) is 23.6. The number of hydrogen-bond donors (Lipinski definition) is 4. The van der Waals surface area contributed by atoms with Gasteiger partial charge in [-0.15, -0.1) is 0 Å². The molecule has 7 heteroatoms. The van der Waals surface area contributed by atoms with Crippen molar-refractivity contribution in [3.05, 3.63) is 0 Å². The number of carbonyl (C=O) groups excluding carboxylic acids is 1. The molecule has 0 saturated heterocycles. The predicted octanol–water partition coefficient (Wildman–Crippen LogP) is 0.496. The molecule has 0 amide bonds. The van der Waals surface area contributed by atoms with Crippen LogP contribution in [0.3, 0.4) is 0 Å². The van der Waals surface area contributed by atoms with Crippen LogP contribution in [0.1, 0.15) is 0 Å². The Bertz CT molecular complexity index is 16.4. The second-order valence-corrected chi connectivity index (χ2v) is 0.245. The fourth-order valence-electron chi connectivity index (χ4n) is 0. The van der Waals surface area contributed by atoms with Crippen molar-refractivity contribution in [2.45, 2.75) is 0 Å². The van der Waals surface area contributed by atoms with Crippen LogP contribution in [0.15, 0.2) is 0 Å². The van der Waals surface area contributed by atoms with Gasteiger partial charge in [0.25, 0.3) is 0 Å². The van der Waals surface area contributed by atoms with Crippen LogP contribution in [-0.4, -0.2) is 26.4 Å². The number of hydrogen-bond acceptors (Lipinski definition) is 6. The maximum Gasteiger partial charge on any atom is 0.152 e. The molecular formula is CH6O5SZn. The average molecular weight is 196 g/mol. The first-order valence-corrected chi connectivity index (χ1v) is 1.58. The summed E-state index contributed by atoms with van der Waals surface area (Å²) >= 11 is -0.250. The molecule has 0 aliphatic carbocycles. The summed E-state index contributed by atoms with van der Waals surface area (Å²) in [4.78, 5) is 8.00. The molecule has 0 atom stereocenters. The van der Waals surface area contributed by atoms with E-state index in [0.29, 0.717) is 0 Å². The van der Waals surface area contributed by atoms with E-state index in [2.05, 4.69) is 0 Å². The summed E-state index contributed by atoms with van der Waals surface area (Å²) in [5.41, 5.74) is 0. The van der Waals surface area contributed by atoms with Gasteiger partial charge in [-0.1, -0.05) is 0 Å². The third kappa shape index (κ3) is 834. The molecule has 8 heavy (non-hydrogen) atoms. The van der Waals surface area contributed by atoms with Gasteiger partial charge in [-0.25, -0.2) is 0 Å². The van der Waals surface area contributed by atoms with E-state index in [1.54, 1.807) is 0 Å². The zero-order valence-corrected chi connectivity index (χ0v) is 7.80. The molecule has 0 aliphatic rings. The second-order valence-electron chi connectivity index (χ2n) is 0.0816. The van der Waals surface area contributed by atoms with Gasteiger partial charge in [-0.3, -0.25) is 10.5 Å². The quantitative estimate of drug-likeness (QED) is 0.194. The molecule has 0 aromatic heterocycles. The number of carbonyl (C=O) groups is 1. The van der Waals surface area contributed by atoms with Crippen LogP contribution in [0.4, 0.5) is 0 Å². The van der Waals surface area contributed by atoms with E-state index >= 15 is 0 Å². The Morgan fingerprint density at radius 3 is 1.12 bits per heavy atom. The Morgan fingerprint density at radius 2 is 1.12 bits per heavy atom. The van der Waals surface area contributed by atoms with Crippen LogP contribution in [0.2, 0.25) is 0 Å². The average Bonchev–Trinajstić information content (AvgIpc) is 1.78. The summed E-state index contributed by atoms with van der Waals surface area (Å²) in [6.45, 7) is 2.00. The Kier molecular flexibility index (Phi) is 422. The molecule has 0 fully saturated rings. The fourth-order valence-corrected chi connectivity index (χ4v) is 0. The monoisotopic (exact) mass is 194 g/mol. The van der Waals surface area contributed by atoms with Crippen molar-refractivity contribution in [2.75, 3.05) is 0 Å². The molecule has 0 spiro atoms. The number of rotatable bonds is 0. The van der Waals surface area contributed by atoms with Crippen molar-refractivity contribution >= 4 is 19.1 Å². The van der Waals surface area contributed by atoms with Gasteiger partial charge in [0.15, 0.2) is 12.3 Å². The first-order chi connectivity index (χ1) is 3.41. The van der Waals surface area contributed by atoms with E-state index in [4.69, 9.17) is 24.4 Å². The van der Waals surface area contributed by atoms with Crippen LogP contribution in [0.5, 0.6) is 0 Å². The maximum atomic E-state index is 8.00. The molecule has 4 N–H and O–H groups in total. The third-order valence-electron chi connectivity index (χ3n) is 0. The Balaban J connectivity index is -0.0000000147. The summed E-state index contributed by atoms with van der Waals surface area (Å²) in [5.74, 6) is 0. The summed E-state index contributed by atoms with van der Waals surface area (Å²) < 4.78 is 14.1. The van der Waals surface area contributed by atoms with Crippen molar-refractivity contribution < 1.29 is 43.9 Å². The van der Waals surface area contributed by atoms with Crippen molar-refractivity contribution in [2.24, 2.45) is 0 Å². The molecule has 0 saturated carbocycles. The van der Waals surface area contributed by atoms with Gasteiger partial charge < -0.3 is 13.9 Å². The summed E-state index contributed by atoms with van der Waals surface area (Å²) in [6.07, 6.45) is 0. The third-order valence-corrected chi connectivity index (χ3v) is 0. The normalized spacial score (nSPS) is 3.50. The van der Waals surface area contributed by atoms with Crippen molar-refractivity contribution in [1.82, 2.24) is 0 Å². The second kappa shape index (κ2) is 143. The van der Waals surface area contributed by atoms with Gasteiger partial charge in [0.05, 0.1) is 0 Å². The van der Waals surface area contributed by atoms with Gasteiger partial charge in [-0.05, 0) is 0 Å². The Labute approximate surface area is 63.4 Å². The van der Waals surface area contributed by atoms with Crippen molar-refractivity contribution in [1.29, 1.82) is 0 Å². The SMILES string of the molecule is C=O.OO.OSO.[Zn]. The van der Waals surface area contributed by atoms with E-state index < -0.39 is 0 Å². The van der Waals surface area contributed by atoms with Gasteiger partial charge >= 0.3 is 0 Å². The minimum Gasteiger partial charge on any atom is -0.307 e. The van der Waals surface area contributed by atoms with Crippen molar-refractivity contribution in [3.63, 3.8) is 0 Å². The zero-order valence-electron chi connectivity index (χ0n) is 4.02. The van der Waals surface area contributed by atoms with E-state index in [1.807, 2.05) is 6.79 Å². The molecule has 0 unspecified atom stereocenters.